The topological polar surface area (TPSA) is 27.7 Å². The molecule has 0 amide bonds. The Morgan fingerprint density at radius 1 is 1.22 bits per heavy atom. The minimum Gasteiger partial charge on any atom is -0.486 e. The van der Waals surface area contributed by atoms with E-state index < -0.39 is 0 Å². The van der Waals surface area contributed by atoms with Crippen molar-refractivity contribution in [3.05, 3.63) is 29.8 Å². The van der Waals surface area contributed by atoms with E-state index in [0.717, 1.165) is 34.5 Å². The molecule has 3 nitrogen and oxygen atoms in total. The van der Waals surface area contributed by atoms with E-state index >= 15 is 0 Å². The van der Waals surface area contributed by atoms with Gasteiger partial charge in [-0.05, 0) is 24.1 Å². The standard InChI is InChI=1S/C14H17IO3/c15-6-2-8-16-7-1-3-12-4-5-13-14(11-12)18-10-9-17-13/h1,3-5,11H,2,6-10H2/b3-1+. The Hall–Kier alpha value is -0.750. The van der Waals surface area contributed by atoms with E-state index in [1.165, 1.54) is 0 Å². The molecule has 0 atom stereocenters. The fraction of sp³-hybridized carbons (Fsp3) is 0.429. The zero-order valence-electron chi connectivity index (χ0n) is 10.2. The lowest BCUT2D eigenvalue weighted by Crippen LogP contribution is -2.15. The normalized spacial score (nSPS) is 14.1. The van der Waals surface area contributed by atoms with Crippen LogP contribution < -0.4 is 9.47 Å². The van der Waals surface area contributed by atoms with Gasteiger partial charge in [0.15, 0.2) is 11.5 Å². The zero-order chi connectivity index (χ0) is 12.6. The second-order valence-electron chi connectivity index (χ2n) is 3.92. The summed E-state index contributed by atoms with van der Waals surface area (Å²) in [6, 6.07) is 5.97. The number of halogens is 1. The largest absolute Gasteiger partial charge is 0.486 e. The molecule has 0 aromatic heterocycles. The molecular formula is C14H17IO3. The first-order chi connectivity index (χ1) is 8.90. The maximum absolute atomic E-state index is 5.53. The molecule has 0 unspecified atom stereocenters. The third-order valence-electron chi connectivity index (χ3n) is 2.51. The average Bonchev–Trinajstić information content (AvgIpc) is 2.42. The third kappa shape index (κ3) is 4.17. The monoisotopic (exact) mass is 360 g/mol. The summed E-state index contributed by atoms with van der Waals surface area (Å²) in [5.74, 6) is 1.66. The van der Waals surface area contributed by atoms with Gasteiger partial charge in [0.1, 0.15) is 13.2 Å². The Bertz CT molecular complexity index is 404. The molecule has 0 N–H and O–H groups in total. The molecule has 1 heterocycles. The predicted octanol–water partition coefficient (Wildman–Crippen LogP) is 3.31. The number of fused-ring (bicyclic) bond motifs is 1. The Kier molecular flexibility index (Phi) is 5.80. The maximum atomic E-state index is 5.53. The molecule has 0 saturated heterocycles. The van der Waals surface area contributed by atoms with E-state index in [0.29, 0.717) is 19.8 Å². The van der Waals surface area contributed by atoms with Crippen LogP contribution >= 0.6 is 22.6 Å². The molecule has 18 heavy (non-hydrogen) atoms. The summed E-state index contributed by atoms with van der Waals surface area (Å²) in [5, 5.41) is 0. The molecule has 0 saturated carbocycles. The van der Waals surface area contributed by atoms with Gasteiger partial charge in [-0.15, -0.1) is 0 Å². The van der Waals surface area contributed by atoms with Gasteiger partial charge in [-0.2, -0.15) is 0 Å². The van der Waals surface area contributed by atoms with Crippen molar-refractivity contribution >= 4 is 28.7 Å². The van der Waals surface area contributed by atoms with Crippen LogP contribution in [0, 0.1) is 0 Å². The molecule has 2 rings (SSSR count). The van der Waals surface area contributed by atoms with E-state index in [-0.39, 0.29) is 0 Å². The highest BCUT2D eigenvalue weighted by molar-refractivity contribution is 14.1. The second kappa shape index (κ2) is 7.63. The Balaban J connectivity index is 1.83. The lowest BCUT2D eigenvalue weighted by atomic mass is 10.2. The van der Waals surface area contributed by atoms with Crippen molar-refractivity contribution in [2.45, 2.75) is 6.42 Å². The van der Waals surface area contributed by atoms with Crippen LogP contribution in [0.25, 0.3) is 6.08 Å². The molecule has 4 heteroatoms. The Morgan fingerprint density at radius 3 is 2.89 bits per heavy atom. The molecule has 1 aliphatic heterocycles. The molecule has 0 aliphatic carbocycles. The van der Waals surface area contributed by atoms with Gasteiger partial charge in [0.2, 0.25) is 0 Å². The highest BCUT2D eigenvalue weighted by Crippen LogP contribution is 2.30. The van der Waals surface area contributed by atoms with Crippen LogP contribution in [0.4, 0.5) is 0 Å². The average molecular weight is 360 g/mol. The van der Waals surface area contributed by atoms with Crippen LogP contribution in [-0.2, 0) is 4.74 Å². The van der Waals surface area contributed by atoms with Crippen molar-refractivity contribution in [1.29, 1.82) is 0 Å². The van der Waals surface area contributed by atoms with Gasteiger partial charge in [-0.1, -0.05) is 40.8 Å². The summed E-state index contributed by atoms with van der Waals surface area (Å²) in [4.78, 5) is 0. The zero-order valence-corrected chi connectivity index (χ0v) is 12.4. The first-order valence-corrected chi connectivity index (χ1v) is 7.62. The van der Waals surface area contributed by atoms with E-state index in [4.69, 9.17) is 14.2 Å². The molecule has 0 bridgehead atoms. The summed E-state index contributed by atoms with van der Waals surface area (Å²) in [7, 11) is 0. The number of hydrogen-bond donors (Lipinski definition) is 0. The van der Waals surface area contributed by atoms with Crippen LogP contribution in [0.3, 0.4) is 0 Å². The fourth-order valence-electron chi connectivity index (χ4n) is 1.66. The summed E-state index contributed by atoms with van der Waals surface area (Å²) < 4.78 is 17.6. The van der Waals surface area contributed by atoms with Gasteiger partial charge < -0.3 is 14.2 Å². The molecule has 1 aromatic rings. The van der Waals surface area contributed by atoms with Crippen molar-refractivity contribution in [2.24, 2.45) is 0 Å². The lowest BCUT2D eigenvalue weighted by molar-refractivity contribution is 0.164. The summed E-state index contributed by atoms with van der Waals surface area (Å²) in [6.45, 7) is 2.74. The number of rotatable bonds is 6. The van der Waals surface area contributed by atoms with Gasteiger partial charge in [0.05, 0.1) is 6.61 Å². The molecule has 0 fully saturated rings. The first kappa shape index (κ1) is 13.7. The third-order valence-corrected chi connectivity index (χ3v) is 3.28. The van der Waals surface area contributed by atoms with Gasteiger partial charge in [-0.3, -0.25) is 0 Å². The summed E-state index contributed by atoms with van der Waals surface area (Å²) in [5.41, 5.74) is 1.11. The highest BCUT2D eigenvalue weighted by atomic mass is 127. The molecule has 98 valence electrons. The minimum absolute atomic E-state index is 0.625. The first-order valence-electron chi connectivity index (χ1n) is 6.10. The summed E-state index contributed by atoms with van der Waals surface area (Å²) in [6.07, 6.45) is 5.18. The van der Waals surface area contributed by atoms with Gasteiger partial charge in [-0.25, -0.2) is 0 Å². The Labute approximate surface area is 121 Å². The smallest absolute Gasteiger partial charge is 0.161 e. The molecular weight excluding hydrogens is 343 g/mol. The van der Waals surface area contributed by atoms with E-state index in [9.17, 15) is 0 Å². The summed E-state index contributed by atoms with van der Waals surface area (Å²) >= 11 is 2.35. The van der Waals surface area contributed by atoms with Crippen LogP contribution in [-0.4, -0.2) is 30.9 Å². The maximum Gasteiger partial charge on any atom is 0.161 e. The van der Waals surface area contributed by atoms with E-state index in [1.807, 2.05) is 30.4 Å². The molecule has 1 aliphatic rings. The van der Waals surface area contributed by atoms with Crippen molar-refractivity contribution in [2.75, 3.05) is 30.9 Å². The number of benzene rings is 1. The van der Waals surface area contributed by atoms with Gasteiger partial charge in [0, 0.05) is 11.0 Å². The molecule has 1 aromatic carbocycles. The van der Waals surface area contributed by atoms with E-state index in [2.05, 4.69) is 22.6 Å². The van der Waals surface area contributed by atoms with Crippen LogP contribution in [0.2, 0.25) is 0 Å². The van der Waals surface area contributed by atoms with E-state index in [1.54, 1.807) is 0 Å². The molecule has 0 radical (unpaired) electrons. The SMILES string of the molecule is ICCCOC/C=C/c1ccc2c(c1)OCCO2. The number of alkyl halides is 1. The minimum atomic E-state index is 0.625. The fourth-order valence-corrected chi connectivity index (χ4v) is 1.97. The van der Waals surface area contributed by atoms with Crippen molar-refractivity contribution in [1.82, 2.24) is 0 Å². The van der Waals surface area contributed by atoms with Gasteiger partial charge in [0.25, 0.3) is 0 Å². The Morgan fingerprint density at radius 2 is 2.06 bits per heavy atom. The number of ether oxygens (including phenoxy) is 3. The van der Waals surface area contributed by atoms with Crippen LogP contribution in [0.5, 0.6) is 11.5 Å². The van der Waals surface area contributed by atoms with Crippen LogP contribution in [0.15, 0.2) is 24.3 Å². The number of hydrogen-bond acceptors (Lipinski definition) is 3. The quantitative estimate of drug-likeness (QED) is 0.443. The van der Waals surface area contributed by atoms with Gasteiger partial charge >= 0.3 is 0 Å². The molecule has 0 spiro atoms. The van der Waals surface area contributed by atoms with Crippen molar-refractivity contribution < 1.29 is 14.2 Å². The van der Waals surface area contributed by atoms with Crippen LogP contribution in [0.1, 0.15) is 12.0 Å². The second-order valence-corrected chi connectivity index (χ2v) is 5.00. The lowest BCUT2D eigenvalue weighted by Gasteiger charge is -2.18. The highest BCUT2D eigenvalue weighted by Gasteiger charge is 2.10. The van der Waals surface area contributed by atoms with Crippen molar-refractivity contribution in [3.8, 4) is 11.5 Å². The van der Waals surface area contributed by atoms with Crippen molar-refractivity contribution in [3.63, 3.8) is 0 Å². The predicted molar refractivity (Wildman–Crippen MR) is 80.8 cm³/mol.